The number of aromatic nitrogens is 1. The van der Waals surface area contributed by atoms with Crippen molar-refractivity contribution in [3.05, 3.63) is 69.5 Å². The van der Waals surface area contributed by atoms with E-state index >= 15 is 0 Å². The number of halogens is 1. The fraction of sp³-hybridized carbons (Fsp3) is 0.158. The molecule has 0 radical (unpaired) electrons. The van der Waals surface area contributed by atoms with Gasteiger partial charge in [-0.05, 0) is 24.1 Å². The van der Waals surface area contributed by atoms with Gasteiger partial charge in [0.15, 0.2) is 0 Å². The molecule has 0 spiro atoms. The van der Waals surface area contributed by atoms with E-state index in [1.165, 1.54) is 4.88 Å². The summed E-state index contributed by atoms with van der Waals surface area (Å²) in [4.78, 5) is 6.03. The third kappa shape index (κ3) is 4.30. The zero-order valence-electron chi connectivity index (χ0n) is 13.4. The van der Waals surface area contributed by atoms with Gasteiger partial charge in [-0.15, -0.1) is 0 Å². The number of nitrogens with zero attached hydrogens (tertiary/aromatic N) is 2. The number of anilines is 1. The molecule has 0 aliphatic carbocycles. The van der Waals surface area contributed by atoms with Crippen LogP contribution in [-0.4, -0.2) is 11.2 Å². The zero-order valence-corrected chi connectivity index (χ0v) is 15.8. The lowest BCUT2D eigenvalue weighted by molar-refractivity contribution is 0.938. The van der Waals surface area contributed by atoms with E-state index in [1.54, 1.807) is 17.6 Å². The van der Waals surface area contributed by atoms with Crippen LogP contribution in [0, 0.1) is 0 Å². The number of thiazole rings is 1. The normalized spacial score (nSPS) is 11.1. The molecule has 1 N–H and O–H groups in total. The van der Waals surface area contributed by atoms with Gasteiger partial charge in [0.05, 0.1) is 11.9 Å². The number of hydrazone groups is 1. The van der Waals surface area contributed by atoms with E-state index in [0.29, 0.717) is 0 Å². The molecule has 0 aliphatic heterocycles. The van der Waals surface area contributed by atoms with E-state index in [-0.39, 0.29) is 0 Å². The average molecular weight is 400 g/mol. The lowest BCUT2D eigenvalue weighted by Crippen LogP contribution is -1.90. The number of hydrogen-bond donors (Lipinski definition) is 1. The van der Waals surface area contributed by atoms with Crippen LogP contribution in [0.15, 0.2) is 64.2 Å². The molecule has 0 atom stereocenters. The van der Waals surface area contributed by atoms with Gasteiger partial charge in [-0.2, -0.15) is 5.10 Å². The van der Waals surface area contributed by atoms with Crippen LogP contribution in [0.4, 0.5) is 5.13 Å². The first-order chi connectivity index (χ1) is 11.8. The summed E-state index contributed by atoms with van der Waals surface area (Å²) in [7, 11) is 0. The van der Waals surface area contributed by atoms with Crippen molar-refractivity contribution in [3.63, 3.8) is 0 Å². The first-order valence-corrected chi connectivity index (χ1v) is 9.47. The van der Waals surface area contributed by atoms with Crippen LogP contribution in [0.2, 0.25) is 0 Å². The zero-order chi connectivity index (χ0) is 16.8. The third-order valence-corrected chi connectivity index (χ3v) is 5.01. The quantitative estimate of drug-likeness (QED) is 0.409. The Labute approximate surface area is 154 Å². The first-order valence-electron chi connectivity index (χ1n) is 7.86. The second kappa shape index (κ2) is 8.22. The minimum absolute atomic E-state index is 0.823. The Morgan fingerprint density at radius 2 is 1.88 bits per heavy atom. The smallest absolute Gasteiger partial charge is 0.204 e. The Balaban J connectivity index is 1.80. The highest BCUT2D eigenvalue weighted by Gasteiger charge is 2.12. The van der Waals surface area contributed by atoms with Gasteiger partial charge in [0.2, 0.25) is 5.13 Å². The minimum atomic E-state index is 0.823. The lowest BCUT2D eigenvalue weighted by Gasteiger charge is -2.01. The number of hydrogen-bond acceptors (Lipinski definition) is 4. The Morgan fingerprint density at radius 1 is 1.12 bits per heavy atom. The largest absolute Gasteiger partial charge is 0.253 e. The Kier molecular flexibility index (Phi) is 5.77. The molecule has 0 fully saturated rings. The van der Waals surface area contributed by atoms with Crippen LogP contribution < -0.4 is 5.43 Å². The van der Waals surface area contributed by atoms with Crippen LogP contribution in [0.3, 0.4) is 0 Å². The van der Waals surface area contributed by atoms with E-state index in [4.69, 9.17) is 4.98 Å². The Morgan fingerprint density at radius 3 is 2.58 bits per heavy atom. The lowest BCUT2D eigenvalue weighted by atomic mass is 10.1. The monoisotopic (exact) mass is 399 g/mol. The second-order valence-corrected chi connectivity index (χ2v) is 7.33. The predicted octanol–water partition coefficient (Wildman–Crippen LogP) is 5.97. The van der Waals surface area contributed by atoms with E-state index in [1.807, 2.05) is 42.5 Å². The van der Waals surface area contributed by atoms with Gasteiger partial charge in [-0.3, -0.25) is 5.43 Å². The molecule has 0 aliphatic rings. The molecule has 3 aromatic rings. The van der Waals surface area contributed by atoms with Crippen molar-refractivity contribution in [1.82, 2.24) is 4.98 Å². The molecule has 1 aromatic heterocycles. The molecule has 5 heteroatoms. The third-order valence-electron chi connectivity index (χ3n) is 3.47. The highest BCUT2D eigenvalue weighted by Crippen LogP contribution is 2.32. The van der Waals surface area contributed by atoms with Crippen molar-refractivity contribution in [2.75, 3.05) is 5.43 Å². The van der Waals surface area contributed by atoms with E-state index < -0.39 is 0 Å². The first kappa shape index (κ1) is 16.9. The van der Waals surface area contributed by atoms with Crippen molar-refractivity contribution < 1.29 is 0 Å². The summed E-state index contributed by atoms with van der Waals surface area (Å²) in [5.74, 6) is 0. The average Bonchev–Trinajstić information content (AvgIpc) is 3.00. The summed E-state index contributed by atoms with van der Waals surface area (Å²) >= 11 is 5.15. The van der Waals surface area contributed by atoms with E-state index in [9.17, 15) is 0 Å². The van der Waals surface area contributed by atoms with Crippen molar-refractivity contribution in [2.24, 2.45) is 5.10 Å². The fourth-order valence-electron chi connectivity index (χ4n) is 2.33. The van der Waals surface area contributed by atoms with Crippen molar-refractivity contribution >= 4 is 38.6 Å². The van der Waals surface area contributed by atoms with Crippen LogP contribution in [-0.2, 0) is 6.42 Å². The fourth-order valence-corrected chi connectivity index (χ4v) is 3.63. The standard InChI is InChI=1S/C19H18BrN3S/c1-2-6-17-18(15-9-11-16(20)12-10-15)22-19(24-17)23-21-13-14-7-4-3-5-8-14/h3-5,7-13H,2,6H2,1H3,(H,22,23)/b21-13+. The number of rotatable bonds is 6. The van der Waals surface area contributed by atoms with Crippen molar-refractivity contribution in [3.8, 4) is 11.3 Å². The topological polar surface area (TPSA) is 37.3 Å². The molecule has 0 amide bonds. The Hall–Kier alpha value is -1.98. The van der Waals surface area contributed by atoms with Crippen LogP contribution in [0.1, 0.15) is 23.8 Å². The second-order valence-electron chi connectivity index (χ2n) is 5.33. The summed E-state index contributed by atoms with van der Waals surface area (Å²) in [5.41, 5.74) is 6.30. The van der Waals surface area contributed by atoms with Gasteiger partial charge in [0.25, 0.3) is 0 Å². The van der Waals surface area contributed by atoms with E-state index in [0.717, 1.165) is 39.3 Å². The van der Waals surface area contributed by atoms with Gasteiger partial charge in [0.1, 0.15) is 0 Å². The highest BCUT2D eigenvalue weighted by molar-refractivity contribution is 9.10. The number of aryl methyl sites for hydroxylation is 1. The maximum Gasteiger partial charge on any atom is 0.204 e. The Bertz CT molecular complexity index is 810. The maximum atomic E-state index is 4.74. The van der Waals surface area contributed by atoms with Crippen LogP contribution in [0.5, 0.6) is 0 Å². The highest BCUT2D eigenvalue weighted by atomic mass is 79.9. The molecule has 1 heterocycles. The summed E-state index contributed by atoms with van der Waals surface area (Å²) in [6, 6.07) is 18.3. The molecule has 2 aromatic carbocycles. The predicted molar refractivity (Wildman–Crippen MR) is 107 cm³/mol. The van der Waals surface area contributed by atoms with Gasteiger partial charge in [-0.1, -0.05) is 83.1 Å². The van der Waals surface area contributed by atoms with Gasteiger partial charge in [-0.25, -0.2) is 4.98 Å². The summed E-state index contributed by atoms with van der Waals surface area (Å²) in [5, 5.41) is 5.12. The molecule has 3 rings (SSSR count). The number of benzene rings is 2. The minimum Gasteiger partial charge on any atom is -0.253 e. The maximum absolute atomic E-state index is 4.74. The number of nitrogens with one attached hydrogen (secondary N) is 1. The molecule has 0 bridgehead atoms. The van der Waals surface area contributed by atoms with Gasteiger partial charge >= 0.3 is 0 Å². The molecule has 3 nitrogen and oxygen atoms in total. The van der Waals surface area contributed by atoms with Gasteiger partial charge in [0, 0.05) is 14.9 Å². The molecule has 24 heavy (non-hydrogen) atoms. The van der Waals surface area contributed by atoms with E-state index in [2.05, 4.69) is 45.5 Å². The molecule has 0 saturated heterocycles. The molecule has 0 saturated carbocycles. The SMILES string of the molecule is CCCc1sc(N/N=C/c2ccccc2)nc1-c1ccc(Br)cc1. The van der Waals surface area contributed by atoms with Gasteiger partial charge < -0.3 is 0 Å². The molecule has 122 valence electrons. The molecular weight excluding hydrogens is 382 g/mol. The van der Waals surface area contributed by atoms with Crippen molar-refractivity contribution in [1.29, 1.82) is 0 Å². The molecule has 0 unspecified atom stereocenters. The van der Waals surface area contributed by atoms with Crippen LogP contribution >= 0.6 is 27.3 Å². The summed E-state index contributed by atoms with van der Waals surface area (Å²) in [6.07, 6.45) is 3.92. The molecular formula is C19H18BrN3S. The summed E-state index contributed by atoms with van der Waals surface area (Å²) < 4.78 is 1.07. The summed E-state index contributed by atoms with van der Waals surface area (Å²) in [6.45, 7) is 2.19. The van der Waals surface area contributed by atoms with Crippen molar-refractivity contribution in [2.45, 2.75) is 19.8 Å². The van der Waals surface area contributed by atoms with Crippen LogP contribution in [0.25, 0.3) is 11.3 Å².